The van der Waals surface area contributed by atoms with Crippen LogP contribution in [0.2, 0.25) is 0 Å². The molecule has 0 saturated carbocycles. The van der Waals surface area contributed by atoms with Crippen molar-refractivity contribution in [3.63, 3.8) is 0 Å². The summed E-state index contributed by atoms with van der Waals surface area (Å²) in [5.41, 5.74) is 0. The van der Waals surface area contributed by atoms with Crippen LogP contribution in [0.15, 0.2) is 0 Å². The molecule has 0 spiro atoms. The summed E-state index contributed by atoms with van der Waals surface area (Å²) in [6.45, 7) is 1.06. The molecule has 11 heavy (non-hydrogen) atoms. The summed E-state index contributed by atoms with van der Waals surface area (Å²) in [6, 6.07) is 0. The average Bonchev–Trinajstić information content (AvgIpc) is 2.11. The molecule has 0 aromatic heterocycles. The molecule has 4 nitrogen and oxygen atoms in total. The zero-order valence-electron chi connectivity index (χ0n) is 6.40. The summed E-state index contributed by atoms with van der Waals surface area (Å²) in [5.74, 6) is -0.132. The second kappa shape index (κ2) is 4.01. The molecule has 0 amide bonds. The normalized spacial score (nSPS) is 40.1. The summed E-state index contributed by atoms with van der Waals surface area (Å²) >= 11 is 0. The Morgan fingerprint density at radius 1 is 1.27 bits per heavy atom. The van der Waals surface area contributed by atoms with Gasteiger partial charge in [-0.25, -0.2) is 0 Å². The lowest BCUT2D eigenvalue weighted by Gasteiger charge is -2.17. The molecule has 0 bridgehead atoms. The maximum Gasteiger partial charge on any atom is 0.0689 e. The molecule has 1 aliphatic rings. The van der Waals surface area contributed by atoms with Gasteiger partial charge in [0.05, 0.1) is 12.2 Å². The van der Waals surface area contributed by atoms with Gasteiger partial charge in [-0.15, -0.1) is 0 Å². The predicted octanol–water partition coefficient (Wildman–Crippen LogP) is -1.69. The van der Waals surface area contributed by atoms with Crippen molar-refractivity contribution in [3.05, 3.63) is 0 Å². The smallest absolute Gasteiger partial charge is 0.0689 e. The minimum Gasteiger partial charge on any atom is -0.396 e. The lowest BCUT2D eigenvalue weighted by molar-refractivity contribution is 0.0409. The second-order valence-corrected chi connectivity index (χ2v) is 3.06. The van der Waals surface area contributed by atoms with E-state index < -0.39 is 12.2 Å². The zero-order chi connectivity index (χ0) is 8.27. The van der Waals surface area contributed by atoms with Crippen LogP contribution >= 0.6 is 0 Å². The molecule has 0 unspecified atom stereocenters. The number of rotatable bonds is 1. The largest absolute Gasteiger partial charge is 0.396 e. The van der Waals surface area contributed by atoms with E-state index in [-0.39, 0.29) is 12.5 Å². The molecular formula is C7H15NO3. The van der Waals surface area contributed by atoms with Crippen molar-refractivity contribution in [2.24, 2.45) is 5.92 Å². The molecule has 1 rings (SSSR count). The Bertz CT molecular complexity index is 120. The maximum absolute atomic E-state index is 9.36. The van der Waals surface area contributed by atoms with Gasteiger partial charge in [0, 0.05) is 32.0 Å². The number of hydrogen-bond donors (Lipinski definition) is 4. The van der Waals surface area contributed by atoms with Gasteiger partial charge in [-0.3, -0.25) is 0 Å². The molecule has 1 saturated heterocycles. The Morgan fingerprint density at radius 2 is 2.00 bits per heavy atom. The molecule has 1 fully saturated rings. The minimum absolute atomic E-state index is 0.0269. The van der Waals surface area contributed by atoms with Gasteiger partial charge >= 0.3 is 0 Å². The van der Waals surface area contributed by atoms with Crippen molar-refractivity contribution in [2.45, 2.75) is 18.6 Å². The lowest BCUT2D eigenvalue weighted by Crippen LogP contribution is -2.30. The van der Waals surface area contributed by atoms with Gasteiger partial charge in [0.15, 0.2) is 0 Å². The van der Waals surface area contributed by atoms with E-state index in [1.165, 1.54) is 0 Å². The van der Waals surface area contributed by atoms with Crippen molar-refractivity contribution in [1.82, 2.24) is 5.32 Å². The van der Waals surface area contributed by atoms with Crippen LogP contribution in [0.25, 0.3) is 0 Å². The van der Waals surface area contributed by atoms with Crippen molar-refractivity contribution in [1.29, 1.82) is 0 Å². The van der Waals surface area contributed by atoms with Crippen LogP contribution in [-0.2, 0) is 0 Å². The molecule has 4 heteroatoms. The summed E-state index contributed by atoms with van der Waals surface area (Å²) < 4.78 is 0. The van der Waals surface area contributed by atoms with Gasteiger partial charge in [0.1, 0.15) is 0 Å². The molecule has 0 radical (unpaired) electrons. The highest BCUT2D eigenvalue weighted by molar-refractivity contribution is 4.78. The van der Waals surface area contributed by atoms with E-state index in [0.29, 0.717) is 19.5 Å². The highest BCUT2D eigenvalue weighted by Crippen LogP contribution is 2.11. The second-order valence-electron chi connectivity index (χ2n) is 3.06. The Balaban J connectivity index is 2.43. The van der Waals surface area contributed by atoms with Gasteiger partial charge < -0.3 is 20.6 Å². The fourth-order valence-electron chi connectivity index (χ4n) is 1.31. The van der Waals surface area contributed by atoms with E-state index in [0.717, 1.165) is 0 Å². The SMILES string of the molecule is OC[C@H]1CNC[C@@H](O)C[C@@H]1O. The molecule has 3 atom stereocenters. The van der Waals surface area contributed by atoms with Crippen LogP contribution < -0.4 is 5.32 Å². The molecule has 0 aliphatic carbocycles. The van der Waals surface area contributed by atoms with E-state index in [1.54, 1.807) is 0 Å². The van der Waals surface area contributed by atoms with E-state index in [1.807, 2.05) is 0 Å². The van der Waals surface area contributed by atoms with Crippen LogP contribution in [0.5, 0.6) is 0 Å². The summed E-state index contributed by atoms with van der Waals surface area (Å²) in [7, 11) is 0. The topological polar surface area (TPSA) is 72.7 Å². The summed E-state index contributed by atoms with van der Waals surface area (Å²) in [6.07, 6.45) is -0.704. The maximum atomic E-state index is 9.36. The first-order valence-electron chi connectivity index (χ1n) is 3.91. The number of aliphatic hydroxyl groups excluding tert-OH is 3. The van der Waals surface area contributed by atoms with Crippen LogP contribution in [0.1, 0.15) is 6.42 Å². The average molecular weight is 161 g/mol. The molecule has 1 aliphatic heterocycles. The number of hydrogen-bond acceptors (Lipinski definition) is 4. The predicted molar refractivity (Wildman–Crippen MR) is 40.1 cm³/mol. The van der Waals surface area contributed by atoms with Gasteiger partial charge in [0.2, 0.25) is 0 Å². The fourth-order valence-corrected chi connectivity index (χ4v) is 1.31. The third-order valence-corrected chi connectivity index (χ3v) is 2.08. The van der Waals surface area contributed by atoms with Crippen molar-refractivity contribution < 1.29 is 15.3 Å². The van der Waals surface area contributed by atoms with Crippen LogP contribution in [0.3, 0.4) is 0 Å². The Morgan fingerprint density at radius 3 is 2.64 bits per heavy atom. The number of aliphatic hydroxyl groups is 3. The van der Waals surface area contributed by atoms with Gasteiger partial charge in [-0.2, -0.15) is 0 Å². The zero-order valence-corrected chi connectivity index (χ0v) is 6.40. The van der Waals surface area contributed by atoms with Crippen molar-refractivity contribution in [3.8, 4) is 0 Å². The first kappa shape index (κ1) is 8.93. The number of β-amino-alcohol motifs (C(OH)–C–C–N with tert-alkyl or cyclic N) is 1. The third-order valence-electron chi connectivity index (χ3n) is 2.08. The number of nitrogens with one attached hydrogen (secondary N) is 1. The van der Waals surface area contributed by atoms with E-state index in [9.17, 15) is 5.11 Å². The van der Waals surface area contributed by atoms with Crippen molar-refractivity contribution in [2.75, 3.05) is 19.7 Å². The van der Waals surface area contributed by atoms with E-state index >= 15 is 0 Å². The fraction of sp³-hybridized carbons (Fsp3) is 1.00. The molecule has 1 heterocycles. The molecular weight excluding hydrogens is 146 g/mol. The van der Waals surface area contributed by atoms with Gasteiger partial charge in [-0.05, 0) is 0 Å². The first-order valence-corrected chi connectivity index (χ1v) is 3.91. The van der Waals surface area contributed by atoms with E-state index in [2.05, 4.69) is 5.32 Å². The standard InChI is InChI=1S/C7H15NO3/c9-4-5-2-8-3-6(10)1-7(5)11/h5-11H,1-4H2/t5-,6+,7+/m1/s1. The van der Waals surface area contributed by atoms with Crippen LogP contribution in [-0.4, -0.2) is 47.2 Å². The molecule has 0 aromatic carbocycles. The highest BCUT2D eigenvalue weighted by atomic mass is 16.3. The monoisotopic (exact) mass is 161 g/mol. The Hall–Kier alpha value is -0.160. The summed E-state index contributed by atoms with van der Waals surface area (Å²) in [4.78, 5) is 0. The quantitative estimate of drug-likeness (QED) is 0.370. The third kappa shape index (κ3) is 2.41. The van der Waals surface area contributed by atoms with Gasteiger partial charge in [-0.1, -0.05) is 0 Å². The van der Waals surface area contributed by atoms with Crippen molar-refractivity contribution >= 4 is 0 Å². The highest BCUT2D eigenvalue weighted by Gasteiger charge is 2.24. The van der Waals surface area contributed by atoms with E-state index in [4.69, 9.17) is 10.2 Å². The lowest BCUT2D eigenvalue weighted by atomic mass is 10.0. The molecule has 66 valence electrons. The minimum atomic E-state index is -0.579. The van der Waals surface area contributed by atoms with Crippen LogP contribution in [0, 0.1) is 5.92 Å². The van der Waals surface area contributed by atoms with Crippen LogP contribution in [0.4, 0.5) is 0 Å². The Kier molecular flexibility index (Phi) is 3.26. The first-order chi connectivity index (χ1) is 5.24. The Labute approximate surface area is 65.9 Å². The molecule has 4 N–H and O–H groups in total. The summed E-state index contributed by atoms with van der Waals surface area (Å²) in [5, 5.41) is 30.3. The van der Waals surface area contributed by atoms with Gasteiger partial charge in [0.25, 0.3) is 0 Å². The molecule has 0 aromatic rings.